The van der Waals surface area contributed by atoms with Crippen molar-refractivity contribution in [2.45, 2.75) is 38.0 Å². The van der Waals surface area contributed by atoms with Gasteiger partial charge in [-0.3, -0.25) is 14.6 Å². The Morgan fingerprint density at radius 2 is 2.21 bits per heavy atom. The van der Waals surface area contributed by atoms with Gasteiger partial charge in [0.15, 0.2) is 0 Å². The first-order valence-electron chi connectivity index (χ1n) is 7.83. The van der Waals surface area contributed by atoms with Crippen LogP contribution in [0.1, 0.15) is 30.2 Å². The highest BCUT2D eigenvalue weighted by atomic mass is 32.1. The molecule has 24 heavy (non-hydrogen) atoms. The van der Waals surface area contributed by atoms with Gasteiger partial charge in [0.1, 0.15) is 0 Å². The number of carbonyl (C=O) groups is 1. The topological polar surface area (TPSA) is 104 Å². The molecule has 0 unspecified atom stereocenters. The Morgan fingerprint density at radius 3 is 2.83 bits per heavy atom. The zero-order chi connectivity index (χ0) is 17.1. The normalized spacial score (nSPS) is 21.0. The number of thiophene rings is 1. The number of nitrogens with zero attached hydrogens (tertiary/aromatic N) is 1. The van der Waals surface area contributed by atoms with Crippen LogP contribution in [0, 0.1) is 5.92 Å². The highest BCUT2D eigenvalue weighted by Gasteiger charge is 2.36. The molecule has 1 amide bonds. The van der Waals surface area contributed by atoms with Crippen molar-refractivity contribution in [3.63, 3.8) is 0 Å². The van der Waals surface area contributed by atoms with Crippen molar-refractivity contribution in [2.24, 2.45) is 5.92 Å². The van der Waals surface area contributed by atoms with E-state index in [4.69, 9.17) is 0 Å². The van der Waals surface area contributed by atoms with Crippen LogP contribution in [-0.4, -0.2) is 26.7 Å². The van der Waals surface area contributed by atoms with E-state index in [1.807, 2.05) is 17.5 Å². The summed E-state index contributed by atoms with van der Waals surface area (Å²) in [7, 11) is 0. The molecule has 0 bridgehead atoms. The van der Waals surface area contributed by atoms with Crippen molar-refractivity contribution in [1.29, 1.82) is 0 Å². The van der Waals surface area contributed by atoms with E-state index in [9.17, 15) is 19.5 Å². The Morgan fingerprint density at radius 1 is 1.42 bits per heavy atom. The number of carbonyl (C=O) groups excluding carboxylic acids is 1. The molecule has 2 aromatic rings. The van der Waals surface area contributed by atoms with Gasteiger partial charge in [-0.25, -0.2) is 4.79 Å². The number of H-pyrrole nitrogens is 1. The average Bonchev–Trinajstić information content (AvgIpc) is 3.03. The molecular formula is C16H19N3O4S. The van der Waals surface area contributed by atoms with Gasteiger partial charge in [0, 0.05) is 30.1 Å². The minimum atomic E-state index is -0.521. The molecule has 7 nitrogen and oxygen atoms in total. The Bertz CT molecular complexity index is 805. The second-order valence-electron chi connectivity index (χ2n) is 6.00. The number of aryl methyl sites for hydroxylation is 1. The molecule has 8 heteroatoms. The third kappa shape index (κ3) is 3.82. The number of hydrogen-bond donors (Lipinski definition) is 3. The molecule has 0 saturated heterocycles. The lowest BCUT2D eigenvalue weighted by Crippen LogP contribution is -2.41. The summed E-state index contributed by atoms with van der Waals surface area (Å²) in [6.45, 7) is 0.200. The van der Waals surface area contributed by atoms with E-state index < -0.39 is 11.2 Å². The van der Waals surface area contributed by atoms with Gasteiger partial charge >= 0.3 is 5.69 Å². The van der Waals surface area contributed by atoms with E-state index in [0.717, 1.165) is 4.88 Å². The van der Waals surface area contributed by atoms with Gasteiger partial charge in [-0.1, -0.05) is 6.07 Å². The van der Waals surface area contributed by atoms with Crippen LogP contribution in [0.4, 0.5) is 0 Å². The zero-order valence-electron chi connectivity index (χ0n) is 13.0. The lowest BCUT2D eigenvalue weighted by atomic mass is 9.76. The Hall–Kier alpha value is -2.19. The van der Waals surface area contributed by atoms with Crippen molar-refractivity contribution in [1.82, 2.24) is 14.9 Å². The summed E-state index contributed by atoms with van der Waals surface area (Å²) in [5.41, 5.74) is -0.978. The monoisotopic (exact) mass is 349 g/mol. The highest BCUT2D eigenvalue weighted by Crippen LogP contribution is 2.39. The Balaban J connectivity index is 1.61. The number of amides is 1. The number of aromatic nitrogens is 2. The van der Waals surface area contributed by atoms with E-state index in [1.165, 1.54) is 16.8 Å². The molecule has 2 heterocycles. The number of aliphatic hydroxyl groups excluding tert-OH is 1. The maximum atomic E-state index is 12.3. The third-order valence-corrected chi connectivity index (χ3v) is 5.22. The molecule has 3 N–H and O–H groups in total. The van der Waals surface area contributed by atoms with Crippen molar-refractivity contribution in [3.05, 3.63) is 55.5 Å². The molecule has 3 rings (SSSR count). The second kappa shape index (κ2) is 7.14. The standard InChI is InChI=1S/C16H19N3O4S/c20-11-8-10(9-11)15(12-2-1-7-24-12)17-13(21)3-5-19-6-4-14(22)18-16(19)23/h1-2,4,6-7,10-11,15,20H,3,5,8-9H2,(H,17,21)(H,18,22,23)/t10?,11?,15-/m1/s1. The van der Waals surface area contributed by atoms with Crippen LogP contribution in [0.5, 0.6) is 0 Å². The number of aliphatic hydroxyl groups is 1. The van der Waals surface area contributed by atoms with Crippen molar-refractivity contribution >= 4 is 17.2 Å². The number of nitrogens with one attached hydrogen (secondary N) is 2. The van der Waals surface area contributed by atoms with Crippen molar-refractivity contribution in [2.75, 3.05) is 0 Å². The molecule has 1 aliphatic carbocycles. The minimum absolute atomic E-state index is 0.104. The van der Waals surface area contributed by atoms with Crippen LogP contribution < -0.4 is 16.6 Å². The van der Waals surface area contributed by atoms with Crippen molar-refractivity contribution in [3.8, 4) is 0 Å². The quantitative estimate of drug-likeness (QED) is 0.711. The molecular weight excluding hydrogens is 330 g/mol. The fraction of sp³-hybridized carbons (Fsp3) is 0.438. The van der Waals surface area contributed by atoms with Crippen LogP contribution in [0.15, 0.2) is 39.4 Å². The van der Waals surface area contributed by atoms with Gasteiger partial charge in [0.05, 0.1) is 12.1 Å². The second-order valence-corrected chi connectivity index (χ2v) is 6.98. The SMILES string of the molecule is O=C(CCn1ccc(=O)[nH]c1=O)N[C@@H](c1cccs1)C1CC(O)C1. The summed E-state index contributed by atoms with van der Waals surface area (Å²) >= 11 is 1.58. The Kier molecular flexibility index (Phi) is 4.96. The number of hydrogen-bond acceptors (Lipinski definition) is 5. The van der Waals surface area contributed by atoms with E-state index in [0.29, 0.717) is 12.8 Å². The maximum absolute atomic E-state index is 12.3. The summed E-state index contributed by atoms with van der Waals surface area (Å²) in [6.07, 6.45) is 2.61. The Labute approximate surface area is 142 Å². The summed E-state index contributed by atoms with van der Waals surface area (Å²) in [5.74, 6) is 0.0753. The molecule has 128 valence electrons. The van der Waals surface area contributed by atoms with E-state index in [-0.39, 0.29) is 36.9 Å². The smallest absolute Gasteiger partial charge is 0.328 e. The third-order valence-electron chi connectivity index (χ3n) is 4.26. The van der Waals surface area contributed by atoms with Gasteiger partial charge in [0.25, 0.3) is 5.56 Å². The molecule has 2 aromatic heterocycles. The molecule has 1 saturated carbocycles. The van der Waals surface area contributed by atoms with E-state index >= 15 is 0 Å². The molecule has 1 aliphatic rings. The number of rotatable bonds is 6. The fourth-order valence-electron chi connectivity index (χ4n) is 2.88. The summed E-state index contributed by atoms with van der Waals surface area (Å²) in [6, 6.07) is 5.07. The lowest BCUT2D eigenvalue weighted by Gasteiger charge is -2.37. The van der Waals surface area contributed by atoms with Crippen LogP contribution >= 0.6 is 11.3 Å². The molecule has 0 spiro atoms. The minimum Gasteiger partial charge on any atom is -0.393 e. The van der Waals surface area contributed by atoms with Crippen molar-refractivity contribution < 1.29 is 9.90 Å². The van der Waals surface area contributed by atoms with Gasteiger partial charge in [-0.05, 0) is 30.2 Å². The van der Waals surface area contributed by atoms with Gasteiger partial charge in [0.2, 0.25) is 5.91 Å². The lowest BCUT2D eigenvalue weighted by molar-refractivity contribution is -0.123. The summed E-state index contributed by atoms with van der Waals surface area (Å²) in [5, 5.41) is 14.5. The van der Waals surface area contributed by atoms with Gasteiger partial charge < -0.3 is 15.0 Å². The van der Waals surface area contributed by atoms with Gasteiger partial charge in [-0.2, -0.15) is 0 Å². The molecule has 0 aromatic carbocycles. The molecule has 0 radical (unpaired) electrons. The largest absolute Gasteiger partial charge is 0.393 e. The fourth-order valence-corrected chi connectivity index (χ4v) is 3.75. The van der Waals surface area contributed by atoms with Gasteiger partial charge in [-0.15, -0.1) is 11.3 Å². The summed E-state index contributed by atoms with van der Waals surface area (Å²) in [4.78, 5) is 38.1. The number of aromatic amines is 1. The predicted octanol–water partition coefficient (Wildman–Crippen LogP) is 0.617. The maximum Gasteiger partial charge on any atom is 0.328 e. The predicted molar refractivity (Wildman–Crippen MR) is 89.9 cm³/mol. The first kappa shape index (κ1) is 16.7. The molecule has 1 atom stereocenters. The highest BCUT2D eigenvalue weighted by molar-refractivity contribution is 7.10. The molecule has 0 aliphatic heterocycles. The summed E-state index contributed by atoms with van der Waals surface area (Å²) < 4.78 is 1.30. The first-order valence-corrected chi connectivity index (χ1v) is 8.71. The average molecular weight is 349 g/mol. The zero-order valence-corrected chi connectivity index (χ0v) is 13.8. The van der Waals surface area contributed by atoms with Crippen LogP contribution in [0.25, 0.3) is 0 Å². The van der Waals surface area contributed by atoms with Crippen LogP contribution in [0.2, 0.25) is 0 Å². The first-order chi connectivity index (χ1) is 11.5. The van der Waals surface area contributed by atoms with E-state index in [1.54, 1.807) is 11.3 Å². The van der Waals surface area contributed by atoms with Crippen LogP contribution in [0.3, 0.4) is 0 Å². The van der Waals surface area contributed by atoms with E-state index in [2.05, 4.69) is 10.3 Å². The molecule has 1 fully saturated rings. The van der Waals surface area contributed by atoms with Crippen LogP contribution in [-0.2, 0) is 11.3 Å².